The largest absolute Gasteiger partial charge is 0.271 e. The molecule has 102 valence electrons. The number of hydrogen-bond acceptors (Lipinski definition) is 6. The van der Waals surface area contributed by atoms with Crippen molar-refractivity contribution in [2.24, 2.45) is 12.9 Å². The first kappa shape index (κ1) is 12.7. The number of aromatic nitrogens is 4. The van der Waals surface area contributed by atoms with Crippen LogP contribution in [0.5, 0.6) is 0 Å². The molecule has 2 aromatic rings. The third-order valence-corrected chi connectivity index (χ3v) is 4.75. The van der Waals surface area contributed by atoms with Crippen LogP contribution in [-0.2, 0) is 19.9 Å². The van der Waals surface area contributed by atoms with Gasteiger partial charge in [0.15, 0.2) is 5.82 Å². The average molecular weight is 278 g/mol. The molecule has 6 nitrogen and oxygen atoms in total. The van der Waals surface area contributed by atoms with E-state index < -0.39 is 0 Å². The summed E-state index contributed by atoms with van der Waals surface area (Å²) in [5.74, 6) is 6.95. The van der Waals surface area contributed by atoms with Gasteiger partial charge in [-0.25, -0.2) is 0 Å². The molecule has 3 N–H and O–H groups in total. The van der Waals surface area contributed by atoms with E-state index in [1.807, 2.05) is 11.3 Å². The molecule has 3 rings (SSSR count). The molecule has 0 spiro atoms. The number of fused-ring (bicyclic) bond motifs is 1. The van der Waals surface area contributed by atoms with Gasteiger partial charge in [0, 0.05) is 23.3 Å². The van der Waals surface area contributed by atoms with E-state index in [9.17, 15) is 0 Å². The van der Waals surface area contributed by atoms with Gasteiger partial charge in [-0.3, -0.25) is 11.3 Å². The van der Waals surface area contributed by atoms with E-state index in [0.29, 0.717) is 12.3 Å². The Morgan fingerprint density at radius 1 is 1.63 bits per heavy atom. The van der Waals surface area contributed by atoms with Crippen molar-refractivity contribution in [3.63, 3.8) is 0 Å². The molecule has 2 aromatic heterocycles. The number of tetrazole rings is 1. The summed E-state index contributed by atoms with van der Waals surface area (Å²) in [7, 11) is 1.78. The van der Waals surface area contributed by atoms with Crippen LogP contribution in [0.4, 0.5) is 0 Å². The van der Waals surface area contributed by atoms with E-state index in [4.69, 9.17) is 5.84 Å². The lowest BCUT2D eigenvalue weighted by atomic mass is 9.81. The topological polar surface area (TPSA) is 81.7 Å². The van der Waals surface area contributed by atoms with Gasteiger partial charge in [-0.15, -0.1) is 21.5 Å². The molecule has 19 heavy (non-hydrogen) atoms. The van der Waals surface area contributed by atoms with Crippen LogP contribution in [0.25, 0.3) is 0 Å². The number of hydrogen-bond donors (Lipinski definition) is 2. The van der Waals surface area contributed by atoms with Crippen LogP contribution >= 0.6 is 11.3 Å². The molecule has 0 amide bonds. The van der Waals surface area contributed by atoms with Crippen LogP contribution in [-0.4, -0.2) is 26.2 Å². The van der Waals surface area contributed by atoms with Gasteiger partial charge in [-0.1, -0.05) is 0 Å². The van der Waals surface area contributed by atoms with Crippen molar-refractivity contribution in [2.45, 2.75) is 37.6 Å². The molecule has 7 heteroatoms. The van der Waals surface area contributed by atoms with Crippen molar-refractivity contribution in [1.29, 1.82) is 0 Å². The minimum Gasteiger partial charge on any atom is -0.271 e. The lowest BCUT2D eigenvalue weighted by Crippen LogP contribution is -2.42. The predicted molar refractivity (Wildman–Crippen MR) is 73.6 cm³/mol. The number of hydrazine groups is 1. The van der Waals surface area contributed by atoms with Gasteiger partial charge in [0.05, 0.1) is 7.05 Å². The highest BCUT2D eigenvalue weighted by Gasteiger charge is 2.29. The van der Waals surface area contributed by atoms with Crippen LogP contribution in [0.15, 0.2) is 11.4 Å². The van der Waals surface area contributed by atoms with Crippen molar-refractivity contribution in [3.8, 4) is 0 Å². The van der Waals surface area contributed by atoms with Gasteiger partial charge in [-0.05, 0) is 41.5 Å². The minimum absolute atomic E-state index is 0.165. The van der Waals surface area contributed by atoms with E-state index in [-0.39, 0.29) is 6.04 Å². The van der Waals surface area contributed by atoms with Crippen molar-refractivity contribution in [3.05, 3.63) is 27.7 Å². The van der Waals surface area contributed by atoms with Gasteiger partial charge in [0.25, 0.3) is 0 Å². The van der Waals surface area contributed by atoms with Crippen LogP contribution in [0.2, 0.25) is 0 Å². The van der Waals surface area contributed by atoms with Gasteiger partial charge in [0.1, 0.15) is 0 Å². The zero-order chi connectivity index (χ0) is 13.2. The molecular formula is C12H18N6S. The monoisotopic (exact) mass is 278 g/mol. The molecule has 2 atom stereocenters. The first-order chi connectivity index (χ1) is 9.28. The Hall–Kier alpha value is -1.31. The highest BCUT2D eigenvalue weighted by molar-refractivity contribution is 7.10. The SMILES string of the molecule is Cn1nnc(CC(NN)C2CCCc3sccc32)n1. The van der Waals surface area contributed by atoms with Crippen molar-refractivity contribution < 1.29 is 0 Å². The Kier molecular flexibility index (Phi) is 3.58. The number of thiophene rings is 1. The third-order valence-electron chi connectivity index (χ3n) is 3.75. The average Bonchev–Trinajstić information content (AvgIpc) is 3.04. The van der Waals surface area contributed by atoms with Crippen LogP contribution in [0.1, 0.15) is 35.0 Å². The number of rotatable bonds is 4. The summed E-state index contributed by atoms with van der Waals surface area (Å²) in [6.07, 6.45) is 4.30. The first-order valence-electron chi connectivity index (χ1n) is 6.53. The quantitative estimate of drug-likeness (QED) is 0.637. The molecule has 2 heterocycles. The normalized spacial score (nSPS) is 20.2. The van der Waals surface area contributed by atoms with Gasteiger partial charge in [-0.2, -0.15) is 4.80 Å². The fraction of sp³-hybridized carbons (Fsp3) is 0.583. The van der Waals surface area contributed by atoms with E-state index >= 15 is 0 Å². The van der Waals surface area contributed by atoms with Crippen LogP contribution in [0, 0.1) is 0 Å². The second kappa shape index (κ2) is 5.36. The molecule has 0 bridgehead atoms. The van der Waals surface area contributed by atoms with E-state index in [2.05, 4.69) is 32.3 Å². The standard InChI is InChI=1S/C12H18N6S/c1-18-16-12(15-17-18)7-10(14-13)8-3-2-4-11-9(8)5-6-19-11/h5-6,8,10,14H,2-4,7,13H2,1H3. The molecule has 0 aliphatic heterocycles. The fourth-order valence-corrected chi connectivity index (χ4v) is 3.86. The van der Waals surface area contributed by atoms with Crippen molar-refractivity contribution in [2.75, 3.05) is 0 Å². The Balaban J connectivity index is 1.80. The second-order valence-electron chi connectivity index (χ2n) is 4.97. The van der Waals surface area contributed by atoms with E-state index in [1.165, 1.54) is 34.5 Å². The zero-order valence-electron chi connectivity index (χ0n) is 10.9. The third kappa shape index (κ3) is 2.54. The van der Waals surface area contributed by atoms with Crippen LogP contribution in [0.3, 0.4) is 0 Å². The van der Waals surface area contributed by atoms with Gasteiger partial charge >= 0.3 is 0 Å². The van der Waals surface area contributed by atoms with E-state index in [0.717, 1.165) is 5.82 Å². The van der Waals surface area contributed by atoms with Crippen LogP contribution < -0.4 is 11.3 Å². The fourth-order valence-electron chi connectivity index (χ4n) is 2.86. The number of aryl methyl sites for hydroxylation is 2. The summed E-state index contributed by atoms with van der Waals surface area (Å²) in [4.78, 5) is 2.99. The zero-order valence-corrected chi connectivity index (χ0v) is 11.7. The van der Waals surface area contributed by atoms with Gasteiger partial charge in [0.2, 0.25) is 0 Å². The summed E-state index contributed by atoms with van der Waals surface area (Å²) in [6, 6.07) is 2.40. The molecule has 0 saturated carbocycles. The lowest BCUT2D eigenvalue weighted by molar-refractivity contribution is 0.392. The molecule has 0 aromatic carbocycles. The highest BCUT2D eigenvalue weighted by atomic mass is 32.1. The maximum Gasteiger partial charge on any atom is 0.176 e. The van der Waals surface area contributed by atoms with Gasteiger partial charge < -0.3 is 0 Å². The minimum atomic E-state index is 0.165. The summed E-state index contributed by atoms with van der Waals surface area (Å²) in [5.41, 5.74) is 4.40. The Labute approximate surface area is 116 Å². The molecule has 0 saturated heterocycles. The Morgan fingerprint density at radius 3 is 3.26 bits per heavy atom. The second-order valence-corrected chi connectivity index (χ2v) is 5.97. The Morgan fingerprint density at radius 2 is 2.53 bits per heavy atom. The highest BCUT2D eigenvalue weighted by Crippen LogP contribution is 2.37. The molecule has 0 radical (unpaired) electrons. The summed E-state index contributed by atoms with van der Waals surface area (Å²) >= 11 is 1.85. The number of nitrogens with two attached hydrogens (primary N) is 1. The smallest absolute Gasteiger partial charge is 0.176 e. The van der Waals surface area contributed by atoms with Crippen molar-refractivity contribution >= 4 is 11.3 Å². The Bertz CT molecular complexity index is 548. The summed E-state index contributed by atoms with van der Waals surface area (Å²) < 4.78 is 0. The maximum absolute atomic E-state index is 5.75. The molecular weight excluding hydrogens is 260 g/mol. The summed E-state index contributed by atoms with van der Waals surface area (Å²) in [5, 5.41) is 14.3. The lowest BCUT2D eigenvalue weighted by Gasteiger charge is -2.29. The molecule has 2 unspecified atom stereocenters. The summed E-state index contributed by atoms with van der Waals surface area (Å²) in [6.45, 7) is 0. The number of nitrogens with zero attached hydrogens (tertiary/aromatic N) is 4. The van der Waals surface area contributed by atoms with Crippen molar-refractivity contribution in [1.82, 2.24) is 25.6 Å². The predicted octanol–water partition coefficient (Wildman–Crippen LogP) is 0.766. The van der Waals surface area contributed by atoms with E-state index in [1.54, 1.807) is 7.05 Å². The first-order valence-corrected chi connectivity index (χ1v) is 7.41. The number of nitrogens with one attached hydrogen (secondary N) is 1. The molecule has 0 fully saturated rings. The maximum atomic E-state index is 5.75. The molecule has 1 aliphatic carbocycles. The molecule has 1 aliphatic rings.